The van der Waals surface area contributed by atoms with Crippen LogP contribution in [0, 0.1) is 12.8 Å². The number of rotatable bonds is 4. The first-order chi connectivity index (χ1) is 6.77. The quantitative estimate of drug-likeness (QED) is 0.769. The SMILES string of the molecule is Cc1[nH]ncc1C(C)NCC1CCC1. The molecule has 3 nitrogen and oxygen atoms in total. The fraction of sp³-hybridized carbons (Fsp3) is 0.727. The van der Waals surface area contributed by atoms with Crippen LogP contribution in [-0.2, 0) is 0 Å². The van der Waals surface area contributed by atoms with Crippen molar-refractivity contribution in [3.05, 3.63) is 17.5 Å². The predicted octanol–water partition coefficient (Wildman–Crippen LogP) is 2.17. The van der Waals surface area contributed by atoms with Crippen molar-refractivity contribution in [1.29, 1.82) is 0 Å². The zero-order chi connectivity index (χ0) is 9.97. The molecule has 0 spiro atoms. The number of aromatic nitrogens is 2. The van der Waals surface area contributed by atoms with Gasteiger partial charge in [-0.15, -0.1) is 0 Å². The molecule has 1 aromatic heterocycles. The van der Waals surface area contributed by atoms with Crippen LogP contribution in [-0.4, -0.2) is 16.7 Å². The first kappa shape index (κ1) is 9.71. The Hall–Kier alpha value is -0.830. The average molecular weight is 193 g/mol. The summed E-state index contributed by atoms with van der Waals surface area (Å²) in [6.07, 6.45) is 6.16. The molecule has 1 saturated carbocycles. The number of aryl methyl sites for hydroxylation is 1. The van der Waals surface area contributed by atoms with E-state index in [-0.39, 0.29) is 0 Å². The number of hydrogen-bond donors (Lipinski definition) is 2. The molecule has 1 aromatic rings. The van der Waals surface area contributed by atoms with Gasteiger partial charge in [0.25, 0.3) is 0 Å². The number of H-pyrrole nitrogens is 1. The van der Waals surface area contributed by atoms with Crippen LogP contribution in [0.5, 0.6) is 0 Å². The van der Waals surface area contributed by atoms with Gasteiger partial charge in [0.05, 0.1) is 6.20 Å². The lowest BCUT2D eigenvalue weighted by Gasteiger charge is -2.27. The molecule has 0 saturated heterocycles. The molecule has 0 aliphatic heterocycles. The molecule has 2 rings (SSSR count). The number of hydrogen-bond acceptors (Lipinski definition) is 2. The Bertz CT molecular complexity index is 288. The van der Waals surface area contributed by atoms with Crippen molar-refractivity contribution in [3.8, 4) is 0 Å². The summed E-state index contributed by atoms with van der Waals surface area (Å²) in [5.74, 6) is 0.921. The topological polar surface area (TPSA) is 40.7 Å². The third-order valence-corrected chi connectivity index (χ3v) is 3.27. The van der Waals surface area contributed by atoms with E-state index in [9.17, 15) is 0 Å². The first-order valence-electron chi connectivity index (χ1n) is 5.50. The summed E-state index contributed by atoms with van der Waals surface area (Å²) in [6.45, 7) is 5.44. The monoisotopic (exact) mass is 193 g/mol. The molecule has 2 N–H and O–H groups in total. The Morgan fingerprint density at radius 1 is 1.64 bits per heavy atom. The van der Waals surface area contributed by atoms with Crippen molar-refractivity contribution < 1.29 is 0 Å². The normalized spacial score (nSPS) is 19.3. The predicted molar refractivity (Wildman–Crippen MR) is 57.1 cm³/mol. The molecule has 0 bridgehead atoms. The van der Waals surface area contributed by atoms with Crippen LogP contribution in [0.3, 0.4) is 0 Å². The lowest BCUT2D eigenvalue weighted by molar-refractivity contribution is 0.292. The molecule has 1 atom stereocenters. The van der Waals surface area contributed by atoms with Crippen molar-refractivity contribution in [2.75, 3.05) is 6.54 Å². The Labute approximate surface area is 85.3 Å². The molecule has 3 heteroatoms. The fourth-order valence-corrected chi connectivity index (χ4v) is 1.95. The van der Waals surface area contributed by atoms with E-state index in [2.05, 4.69) is 29.4 Å². The molecule has 14 heavy (non-hydrogen) atoms. The third-order valence-electron chi connectivity index (χ3n) is 3.27. The summed E-state index contributed by atoms with van der Waals surface area (Å²) in [7, 11) is 0. The van der Waals surface area contributed by atoms with E-state index in [4.69, 9.17) is 0 Å². The van der Waals surface area contributed by atoms with Gasteiger partial charge in [0.1, 0.15) is 0 Å². The minimum absolute atomic E-state index is 0.425. The summed E-state index contributed by atoms with van der Waals surface area (Å²) >= 11 is 0. The van der Waals surface area contributed by atoms with Crippen LogP contribution in [0.15, 0.2) is 6.20 Å². The molecular formula is C11H19N3. The highest BCUT2D eigenvalue weighted by molar-refractivity contribution is 5.18. The maximum Gasteiger partial charge on any atom is 0.0537 e. The molecule has 0 amide bonds. The van der Waals surface area contributed by atoms with Crippen molar-refractivity contribution in [2.45, 2.75) is 39.2 Å². The maximum absolute atomic E-state index is 4.04. The van der Waals surface area contributed by atoms with Gasteiger partial charge in [-0.25, -0.2) is 0 Å². The summed E-state index contributed by atoms with van der Waals surface area (Å²) < 4.78 is 0. The highest BCUT2D eigenvalue weighted by Crippen LogP contribution is 2.26. The van der Waals surface area contributed by atoms with E-state index < -0.39 is 0 Å². The molecule has 0 aromatic carbocycles. The van der Waals surface area contributed by atoms with E-state index >= 15 is 0 Å². The molecule has 1 unspecified atom stereocenters. The zero-order valence-corrected chi connectivity index (χ0v) is 9.01. The molecule has 1 heterocycles. The second-order valence-electron chi connectivity index (χ2n) is 4.38. The molecule has 1 aliphatic carbocycles. The van der Waals surface area contributed by atoms with Crippen LogP contribution >= 0.6 is 0 Å². The third kappa shape index (κ3) is 1.98. The Morgan fingerprint density at radius 2 is 2.43 bits per heavy atom. The van der Waals surface area contributed by atoms with Gasteiger partial charge >= 0.3 is 0 Å². The molecule has 1 fully saturated rings. The average Bonchev–Trinajstić information content (AvgIpc) is 2.48. The summed E-state index contributed by atoms with van der Waals surface area (Å²) in [6, 6.07) is 0.425. The number of nitrogens with one attached hydrogen (secondary N) is 2. The van der Waals surface area contributed by atoms with Gasteiger partial charge in [-0.2, -0.15) is 5.10 Å². The zero-order valence-electron chi connectivity index (χ0n) is 9.01. The Balaban J connectivity index is 1.82. The summed E-state index contributed by atoms with van der Waals surface area (Å²) in [4.78, 5) is 0. The lowest BCUT2D eigenvalue weighted by Crippen LogP contribution is -2.29. The summed E-state index contributed by atoms with van der Waals surface area (Å²) in [5.41, 5.74) is 2.47. The Morgan fingerprint density at radius 3 is 2.93 bits per heavy atom. The van der Waals surface area contributed by atoms with Gasteiger partial charge < -0.3 is 5.32 Å². The fourth-order valence-electron chi connectivity index (χ4n) is 1.95. The van der Waals surface area contributed by atoms with E-state index in [0.717, 1.165) is 12.5 Å². The van der Waals surface area contributed by atoms with Gasteiger partial charge in [-0.3, -0.25) is 5.10 Å². The highest BCUT2D eigenvalue weighted by Gasteiger charge is 2.18. The van der Waals surface area contributed by atoms with Gasteiger partial charge in [-0.05, 0) is 39.2 Å². The lowest BCUT2D eigenvalue weighted by atomic mass is 9.85. The van der Waals surface area contributed by atoms with Gasteiger partial charge in [0.2, 0.25) is 0 Å². The highest BCUT2D eigenvalue weighted by atomic mass is 15.1. The van der Waals surface area contributed by atoms with Crippen LogP contribution < -0.4 is 5.32 Å². The Kier molecular flexibility index (Phi) is 2.87. The molecule has 78 valence electrons. The van der Waals surface area contributed by atoms with E-state index in [0.29, 0.717) is 6.04 Å². The standard InChI is InChI=1S/C11H19N3/c1-8(11-7-13-14-9(11)2)12-6-10-4-3-5-10/h7-8,10,12H,3-6H2,1-2H3,(H,13,14). The molecule has 1 aliphatic rings. The minimum Gasteiger partial charge on any atom is -0.310 e. The van der Waals surface area contributed by atoms with E-state index in [1.165, 1.54) is 30.5 Å². The van der Waals surface area contributed by atoms with Gasteiger partial charge in [-0.1, -0.05) is 6.42 Å². The van der Waals surface area contributed by atoms with E-state index in [1.54, 1.807) is 0 Å². The minimum atomic E-state index is 0.425. The molecular weight excluding hydrogens is 174 g/mol. The van der Waals surface area contributed by atoms with Crippen molar-refractivity contribution in [3.63, 3.8) is 0 Å². The van der Waals surface area contributed by atoms with Crippen LogP contribution in [0.1, 0.15) is 43.5 Å². The van der Waals surface area contributed by atoms with Crippen molar-refractivity contribution in [1.82, 2.24) is 15.5 Å². The largest absolute Gasteiger partial charge is 0.310 e. The van der Waals surface area contributed by atoms with Crippen molar-refractivity contribution >= 4 is 0 Å². The van der Waals surface area contributed by atoms with Crippen LogP contribution in [0.25, 0.3) is 0 Å². The van der Waals surface area contributed by atoms with Crippen molar-refractivity contribution in [2.24, 2.45) is 5.92 Å². The number of nitrogens with zero attached hydrogens (tertiary/aromatic N) is 1. The van der Waals surface area contributed by atoms with E-state index in [1.807, 2.05) is 6.20 Å². The van der Waals surface area contributed by atoms with Crippen LogP contribution in [0.2, 0.25) is 0 Å². The smallest absolute Gasteiger partial charge is 0.0537 e. The maximum atomic E-state index is 4.04. The van der Waals surface area contributed by atoms with Gasteiger partial charge in [0.15, 0.2) is 0 Å². The summed E-state index contributed by atoms with van der Waals surface area (Å²) in [5, 5.41) is 10.6. The van der Waals surface area contributed by atoms with Crippen LogP contribution in [0.4, 0.5) is 0 Å². The molecule has 0 radical (unpaired) electrons. The first-order valence-corrected chi connectivity index (χ1v) is 5.50. The van der Waals surface area contributed by atoms with Gasteiger partial charge in [0, 0.05) is 17.3 Å². The second kappa shape index (κ2) is 4.13. The number of aromatic amines is 1. The second-order valence-corrected chi connectivity index (χ2v) is 4.38.